The first kappa shape index (κ1) is 21.2. The molecule has 1 unspecified atom stereocenters. The lowest BCUT2D eigenvalue weighted by Gasteiger charge is -2.48. The van der Waals surface area contributed by atoms with Crippen LogP contribution < -0.4 is 10.1 Å². The van der Waals surface area contributed by atoms with Gasteiger partial charge < -0.3 is 19.7 Å². The van der Waals surface area contributed by atoms with Crippen LogP contribution in [0.4, 0.5) is 5.69 Å². The number of amides is 1. The number of nitrogens with zero attached hydrogens (tertiary/aromatic N) is 1. The molecule has 1 N–H and O–H groups in total. The molecule has 2 aromatic carbocycles. The van der Waals surface area contributed by atoms with Crippen LogP contribution in [-0.4, -0.2) is 37.7 Å². The topological polar surface area (TPSA) is 50.8 Å². The molecule has 29 heavy (non-hydrogen) atoms. The summed E-state index contributed by atoms with van der Waals surface area (Å²) in [6, 6.07) is 15.8. The molecule has 0 aliphatic carbocycles. The van der Waals surface area contributed by atoms with Crippen LogP contribution in [0.15, 0.2) is 48.5 Å². The molecule has 1 aliphatic heterocycles. The number of hydrogen-bond donors (Lipinski definition) is 1. The van der Waals surface area contributed by atoms with Gasteiger partial charge in [0, 0.05) is 19.3 Å². The predicted molar refractivity (Wildman–Crippen MR) is 116 cm³/mol. The van der Waals surface area contributed by atoms with E-state index in [9.17, 15) is 4.79 Å². The number of carbonyl (C=O) groups excluding carboxylic acids is 1. The van der Waals surface area contributed by atoms with Crippen LogP contribution in [0.2, 0.25) is 0 Å². The highest BCUT2D eigenvalue weighted by Crippen LogP contribution is 2.40. The Labute approximate surface area is 174 Å². The van der Waals surface area contributed by atoms with Gasteiger partial charge in [-0.15, -0.1) is 0 Å². The van der Waals surface area contributed by atoms with E-state index in [-0.39, 0.29) is 5.91 Å². The van der Waals surface area contributed by atoms with Gasteiger partial charge in [0.1, 0.15) is 11.4 Å². The fourth-order valence-electron chi connectivity index (χ4n) is 3.94. The number of rotatable bonds is 10. The Bertz CT molecular complexity index is 806. The van der Waals surface area contributed by atoms with Crippen LogP contribution in [0.5, 0.6) is 5.75 Å². The monoisotopic (exact) mass is 396 g/mol. The smallest absolute Gasteiger partial charge is 0.258 e. The molecule has 2 aromatic rings. The molecule has 0 spiro atoms. The van der Waals surface area contributed by atoms with E-state index < -0.39 is 5.66 Å². The average molecular weight is 397 g/mol. The summed E-state index contributed by atoms with van der Waals surface area (Å²) in [6.45, 7) is 6.01. The molecule has 1 heterocycles. The van der Waals surface area contributed by atoms with Crippen molar-refractivity contribution in [1.29, 1.82) is 0 Å². The number of carbonyl (C=O) groups is 1. The molecule has 0 fully saturated rings. The Balaban J connectivity index is 1.91. The van der Waals surface area contributed by atoms with Crippen LogP contribution in [0.3, 0.4) is 0 Å². The second kappa shape index (κ2) is 9.79. The lowest BCUT2D eigenvalue weighted by atomic mass is 9.89. The van der Waals surface area contributed by atoms with Crippen LogP contribution in [-0.2, 0) is 10.4 Å². The van der Waals surface area contributed by atoms with Crippen molar-refractivity contribution in [3.63, 3.8) is 0 Å². The molecule has 0 bridgehead atoms. The summed E-state index contributed by atoms with van der Waals surface area (Å²) in [6.07, 6.45) is 4.15. The van der Waals surface area contributed by atoms with Crippen molar-refractivity contribution in [3.8, 4) is 5.75 Å². The quantitative estimate of drug-likeness (QED) is 0.572. The summed E-state index contributed by atoms with van der Waals surface area (Å²) in [5, 5.41) is 3.65. The maximum atomic E-state index is 13.3. The van der Waals surface area contributed by atoms with Crippen molar-refractivity contribution < 1.29 is 14.3 Å². The zero-order chi connectivity index (χ0) is 20.7. The molecule has 0 aromatic heterocycles. The summed E-state index contributed by atoms with van der Waals surface area (Å²) in [4.78, 5) is 15.2. The van der Waals surface area contributed by atoms with Crippen molar-refractivity contribution in [1.82, 2.24) is 4.90 Å². The number of nitrogens with one attached hydrogen (secondary N) is 1. The van der Waals surface area contributed by atoms with E-state index in [1.165, 1.54) is 12.8 Å². The molecular formula is C24H32N2O3. The van der Waals surface area contributed by atoms with Gasteiger partial charge in [-0.2, -0.15) is 0 Å². The van der Waals surface area contributed by atoms with Gasteiger partial charge in [-0.05, 0) is 42.7 Å². The van der Waals surface area contributed by atoms with Gasteiger partial charge in [0.2, 0.25) is 0 Å². The zero-order valence-electron chi connectivity index (χ0n) is 17.7. The van der Waals surface area contributed by atoms with Gasteiger partial charge in [0.05, 0.1) is 18.8 Å². The highest BCUT2D eigenvalue weighted by atomic mass is 16.5. The van der Waals surface area contributed by atoms with Gasteiger partial charge in [-0.1, -0.05) is 51.0 Å². The second-order valence-corrected chi connectivity index (χ2v) is 7.41. The van der Waals surface area contributed by atoms with E-state index in [0.717, 1.165) is 36.4 Å². The molecule has 0 radical (unpaired) electrons. The van der Waals surface area contributed by atoms with E-state index in [1.54, 1.807) is 7.11 Å². The summed E-state index contributed by atoms with van der Waals surface area (Å²) >= 11 is 0. The molecular weight excluding hydrogens is 364 g/mol. The molecule has 1 aliphatic rings. The summed E-state index contributed by atoms with van der Waals surface area (Å²) in [5.74, 6) is 0.889. The maximum Gasteiger partial charge on any atom is 0.258 e. The number of ether oxygens (including phenoxy) is 2. The fraction of sp³-hybridized carbons (Fsp3) is 0.458. The maximum absolute atomic E-state index is 13.3. The standard InChI is InChI=1S/C24H32N2O3/c1-4-6-9-17-29-20-14-12-19(13-15-20)24(5-2)25-22-11-8-7-10-21(22)23(27)26(24)16-18-28-3/h7-8,10-15,25H,4-6,9,16-18H2,1-3H3. The van der Waals surface area contributed by atoms with Crippen LogP contribution in [0, 0.1) is 0 Å². The van der Waals surface area contributed by atoms with E-state index >= 15 is 0 Å². The molecule has 1 atom stereocenters. The van der Waals surface area contributed by atoms with Crippen LogP contribution in [0.25, 0.3) is 0 Å². The molecule has 5 heteroatoms. The first-order valence-electron chi connectivity index (χ1n) is 10.6. The first-order valence-corrected chi connectivity index (χ1v) is 10.6. The van der Waals surface area contributed by atoms with Crippen molar-refractivity contribution in [3.05, 3.63) is 59.7 Å². The predicted octanol–water partition coefficient (Wildman–Crippen LogP) is 5.03. The third-order valence-electron chi connectivity index (χ3n) is 5.58. The molecule has 0 saturated heterocycles. The Kier molecular flexibility index (Phi) is 7.15. The minimum atomic E-state index is -0.620. The minimum absolute atomic E-state index is 0.0261. The van der Waals surface area contributed by atoms with Gasteiger partial charge in [-0.25, -0.2) is 0 Å². The molecule has 0 saturated carbocycles. The van der Waals surface area contributed by atoms with Gasteiger partial charge in [-0.3, -0.25) is 4.79 Å². The normalized spacial score (nSPS) is 18.3. The van der Waals surface area contributed by atoms with Gasteiger partial charge >= 0.3 is 0 Å². The molecule has 3 rings (SSSR count). The molecule has 1 amide bonds. The second-order valence-electron chi connectivity index (χ2n) is 7.41. The van der Waals surface area contributed by atoms with E-state index in [4.69, 9.17) is 9.47 Å². The van der Waals surface area contributed by atoms with Crippen molar-refractivity contribution in [2.24, 2.45) is 0 Å². The summed E-state index contributed by atoms with van der Waals surface area (Å²) in [7, 11) is 1.66. The Hall–Kier alpha value is -2.53. The van der Waals surface area contributed by atoms with Gasteiger partial charge in [0.25, 0.3) is 5.91 Å². The van der Waals surface area contributed by atoms with Crippen molar-refractivity contribution >= 4 is 11.6 Å². The highest BCUT2D eigenvalue weighted by Gasteiger charge is 2.44. The van der Waals surface area contributed by atoms with Crippen molar-refractivity contribution in [2.45, 2.75) is 45.2 Å². The lowest BCUT2D eigenvalue weighted by molar-refractivity contribution is 0.0381. The van der Waals surface area contributed by atoms with E-state index in [0.29, 0.717) is 18.7 Å². The third-order valence-corrected chi connectivity index (χ3v) is 5.58. The number of hydrogen-bond acceptors (Lipinski definition) is 4. The average Bonchev–Trinajstić information content (AvgIpc) is 2.76. The number of fused-ring (bicyclic) bond motifs is 1. The number of para-hydroxylation sites is 1. The van der Waals surface area contributed by atoms with E-state index in [2.05, 4.69) is 31.3 Å². The van der Waals surface area contributed by atoms with Crippen molar-refractivity contribution in [2.75, 3.05) is 32.2 Å². The Morgan fingerprint density at radius 3 is 2.45 bits per heavy atom. The van der Waals surface area contributed by atoms with Crippen LogP contribution in [0.1, 0.15) is 55.5 Å². The Morgan fingerprint density at radius 2 is 1.76 bits per heavy atom. The number of anilines is 1. The summed E-state index contributed by atoms with van der Waals surface area (Å²) < 4.78 is 11.2. The van der Waals surface area contributed by atoms with E-state index in [1.807, 2.05) is 41.3 Å². The number of unbranched alkanes of at least 4 members (excludes halogenated alkanes) is 2. The first-order chi connectivity index (χ1) is 14.2. The lowest BCUT2D eigenvalue weighted by Crippen LogP contribution is -2.58. The minimum Gasteiger partial charge on any atom is -0.494 e. The summed E-state index contributed by atoms with van der Waals surface area (Å²) in [5.41, 5.74) is 1.99. The molecule has 5 nitrogen and oxygen atoms in total. The molecule has 156 valence electrons. The van der Waals surface area contributed by atoms with Gasteiger partial charge in [0.15, 0.2) is 0 Å². The fourth-order valence-corrected chi connectivity index (χ4v) is 3.94. The number of benzene rings is 2. The largest absolute Gasteiger partial charge is 0.494 e. The SMILES string of the molecule is CCCCCOc1ccc(C2(CC)Nc3ccccc3C(=O)N2CCOC)cc1. The number of methoxy groups -OCH3 is 1. The third kappa shape index (κ3) is 4.40. The van der Waals surface area contributed by atoms with Crippen LogP contribution >= 0.6 is 0 Å². The zero-order valence-corrected chi connectivity index (χ0v) is 17.7. The Morgan fingerprint density at radius 1 is 1.00 bits per heavy atom. The highest BCUT2D eigenvalue weighted by molar-refractivity contribution is 6.02.